The first-order valence-electron chi connectivity index (χ1n) is 8.49. The lowest BCUT2D eigenvalue weighted by atomic mass is 9.92. The third-order valence-electron chi connectivity index (χ3n) is 4.39. The van der Waals surface area contributed by atoms with Gasteiger partial charge in [0.2, 0.25) is 0 Å². The minimum absolute atomic E-state index is 0.153. The summed E-state index contributed by atoms with van der Waals surface area (Å²) in [5.74, 6) is 1.11. The second kappa shape index (κ2) is 7.18. The highest BCUT2D eigenvalue weighted by molar-refractivity contribution is 5.92. The number of aliphatic hydroxyl groups is 1. The van der Waals surface area contributed by atoms with Crippen LogP contribution in [0.15, 0.2) is 23.0 Å². The number of aryl methyl sites for hydroxylation is 2. The average Bonchev–Trinajstić information content (AvgIpc) is 3.09. The lowest BCUT2D eigenvalue weighted by Crippen LogP contribution is -2.54. The first kappa shape index (κ1) is 17.3. The molecule has 0 radical (unpaired) electrons. The molecule has 25 heavy (non-hydrogen) atoms. The topological polar surface area (TPSA) is 104 Å². The molecule has 0 aliphatic carbocycles. The summed E-state index contributed by atoms with van der Waals surface area (Å²) in [6.07, 6.45) is 3.64. The van der Waals surface area contributed by atoms with Gasteiger partial charge in [-0.3, -0.25) is 4.79 Å². The van der Waals surface area contributed by atoms with Crippen molar-refractivity contribution in [3.8, 4) is 0 Å². The molecule has 2 N–H and O–H groups in total. The summed E-state index contributed by atoms with van der Waals surface area (Å²) in [6, 6.07) is 3.52. The quantitative estimate of drug-likeness (QED) is 0.836. The van der Waals surface area contributed by atoms with E-state index in [2.05, 4.69) is 20.4 Å². The number of carbonyl (C=O) groups excluding carboxylic acids is 1. The van der Waals surface area contributed by atoms with Crippen LogP contribution in [0.4, 0.5) is 5.82 Å². The van der Waals surface area contributed by atoms with Crippen LogP contribution in [0.25, 0.3) is 0 Å². The number of anilines is 1. The van der Waals surface area contributed by atoms with Gasteiger partial charge in [-0.25, -0.2) is 9.97 Å². The summed E-state index contributed by atoms with van der Waals surface area (Å²) in [7, 11) is 0. The fourth-order valence-corrected chi connectivity index (χ4v) is 2.99. The third-order valence-corrected chi connectivity index (χ3v) is 4.39. The molecule has 134 valence electrons. The Morgan fingerprint density at radius 1 is 1.44 bits per heavy atom. The van der Waals surface area contributed by atoms with Gasteiger partial charge in [0, 0.05) is 43.9 Å². The maximum absolute atomic E-state index is 12.2. The number of nitrogens with zero attached hydrogens (tertiary/aromatic N) is 4. The number of piperidine rings is 1. The summed E-state index contributed by atoms with van der Waals surface area (Å²) in [4.78, 5) is 22.6. The van der Waals surface area contributed by atoms with E-state index in [-0.39, 0.29) is 18.1 Å². The fourth-order valence-electron chi connectivity index (χ4n) is 2.99. The number of carbonyl (C=O) groups is 1. The molecular weight excluding hydrogens is 322 g/mol. The molecule has 2 aromatic heterocycles. The number of aromatic nitrogens is 3. The lowest BCUT2D eigenvalue weighted by Gasteiger charge is -2.39. The van der Waals surface area contributed by atoms with Gasteiger partial charge in [-0.05, 0) is 19.8 Å². The van der Waals surface area contributed by atoms with E-state index in [0.29, 0.717) is 25.1 Å². The molecular formula is C17H23N5O3. The molecule has 8 heteroatoms. The molecule has 1 aliphatic rings. The Bertz CT molecular complexity index is 747. The number of hydrogen-bond donors (Lipinski definition) is 2. The Morgan fingerprint density at radius 3 is 3.00 bits per heavy atom. The van der Waals surface area contributed by atoms with E-state index in [1.54, 1.807) is 6.07 Å². The summed E-state index contributed by atoms with van der Waals surface area (Å²) in [6.45, 7) is 5.21. The zero-order valence-electron chi connectivity index (χ0n) is 14.5. The van der Waals surface area contributed by atoms with Crippen molar-refractivity contribution in [3.05, 3.63) is 35.6 Å². The number of amides is 1. The minimum Gasteiger partial charge on any atom is -0.386 e. The standard InChI is InChI=1S/C17H23N5O3/c1-3-13-8-14(21-25-13)16(23)18-9-17(24)5-4-6-22(10-17)15-7-12(2)19-11-20-15/h7-8,11,24H,3-6,9-10H2,1-2H3,(H,18,23). The molecule has 1 atom stereocenters. The lowest BCUT2D eigenvalue weighted by molar-refractivity contribution is 0.0253. The van der Waals surface area contributed by atoms with E-state index in [1.165, 1.54) is 6.33 Å². The number of rotatable bonds is 5. The Balaban J connectivity index is 1.62. The van der Waals surface area contributed by atoms with Crippen LogP contribution in [0.5, 0.6) is 0 Å². The third kappa shape index (κ3) is 4.14. The first-order chi connectivity index (χ1) is 12.0. The molecule has 0 spiro atoms. The van der Waals surface area contributed by atoms with Crippen molar-refractivity contribution >= 4 is 11.7 Å². The Kier molecular flexibility index (Phi) is 4.98. The van der Waals surface area contributed by atoms with E-state index in [9.17, 15) is 9.90 Å². The van der Waals surface area contributed by atoms with Crippen molar-refractivity contribution in [2.24, 2.45) is 0 Å². The Hall–Kier alpha value is -2.48. The second-order valence-electron chi connectivity index (χ2n) is 6.48. The Morgan fingerprint density at radius 2 is 2.28 bits per heavy atom. The summed E-state index contributed by atoms with van der Waals surface area (Å²) in [5.41, 5.74) is 0.106. The highest BCUT2D eigenvalue weighted by Gasteiger charge is 2.34. The summed E-state index contributed by atoms with van der Waals surface area (Å²) in [5, 5.41) is 17.4. The molecule has 0 saturated carbocycles. The van der Waals surface area contributed by atoms with Gasteiger partial charge in [-0.1, -0.05) is 12.1 Å². The van der Waals surface area contributed by atoms with Crippen LogP contribution in [-0.4, -0.2) is 51.4 Å². The SMILES string of the molecule is CCc1cc(C(=O)NCC2(O)CCCN(c3cc(C)ncn3)C2)no1. The molecule has 8 nitrogen and oxygen atoms in total. The molecule has 1 unspecified atom stereocenters. The Labute approximate surface area is 146 Å². The van der Waals surface area contributed by atoms with Crippen LogP contribution in [0.2, 0.25) is 0 Å². The zero-order chi connectivity index (χ0) is 17.9. The van der Waals surface area contributed by atoms with E-state index < -0.39 is 5.60 Å². The smallest absolute Gasteiger partial charge is 0.273 e. The number of nitrogens with one attached hydrogen (secondary N) is 1. The van der Waals surface area contributed by atoms with Crippen LogP contribution in [0.1, 0.15) is 41.7 Å². The van der Waals surface area contributed by atoms with E-state index >= 15 is 0 Å². The molecule has 1 aliphatic heterocycles. The van der Waals surface area contributed by atoms with Crippen LogP contribution in [0, 0.1) is 6.92 Å². The van der Waals surface area contributed by atoms with Crippen molar-refractivity contribution in [1.82, 2.24) is 20.4 Å². The largest absolute Gasteiger partial charge is 0.386 e. The monoisotopic (exact) mass is 345 g/mol. The fraction of sp³-hybridized carbons (Fsp3) is 0.529. The highest BCUT2D eigenvalue weighted by Crippen LogP contribution is 2.24. The van der Waals surface area contributed by atoms with Crippen molar-refractivity contribution in [3.63, 3.8) is 0 Å². The normalized spacial score (nSPS) is 20.5. The van der Waals surface area contributed by atoms with Gasteiger partial charge in [0.1, 0.15) is 17.9 Å². The van der Waals surface area contributed by atoms with Crippen LogP contribution < -0.4 is 10.2 Å². The van der Waals surface area contributed by atoms with Crippen molar-refractivity contribution < 1.29 is 14.4 Å². The molecule has 1 fully saturated rings. The van der Waals surface area contributed by atoms with Gasteiger partial charge in [0.25, 0.3) is 5.91 Å². The van der Waals surface area contributed by atoms with Gasteiger partial charge in [0.15, 0.2) is 5.69 Å². The maximum atomic E-state index is 12.2. The van der Waals surface area contributed by atoms with E-state index in [4.69, 9.17) is 4.52 Å². The van der Waals surface area contributed by atoms with Crippen molar-refractivity contribution in [2.75, 3.05) is 24.5 Å². The van der Waals surface area contributed by atoms with Crippen molar-refractivity contribution in [2.45, 2.75) is 38.7 Å². The van der Waals surface area contributed by atoms with Crippen molar-refractivity contribution in [1.29, 1.82) is 0 Å². The van der Waals surface area contributed by atoms with Gasteiger partial charge < -0.3 is 19.8 Å². The van der Waals surface area contributed by atoms with Crippen LogP contribution in [0.3, 0.4) is 0 Å². The van der Waals surface area contributed by atoms with E-state index in [1.807, 2.05) is 24.8 Å². The maximum Gasteiger partial charge on any atom is 0.273 e. The molecule has 1 amide bonds. The van der Waals surface area contributed by atoms with Gasteiger partial charge >= 0.3 is 0 Å². The zero-order valence-corrected chi connectivity index (χ0v) is 14.5. The van der Waals surface area contributed by atoms with Gasteiger partial charge in [-0.15, -0.1) is 0 Å². The summed E-state index contributed by atoms with van der Waals surface area (Å²) < 4.78 is 5.04. The molecule has 3 rings (SSSR count). The van der Waals surface area contributed by atoms with Gasteiger partial charge in [0.05, 0.1) is 5.60 Å². The molecule has 0 aromatic carbocycles. The van der Waals surface area contributed by atoms with E-state index in [0.717, 1.165) is 24.5 Å². The number of hydrogen-bond acceptors (Lipinski definition) is 7. The van der Waals surface area contributed by atoms with Crippen LogP contribution in [-0.2, 0) is 6.42 Å². The van der Waals surface area contributed by atoms with Crippen LogP contribution >= 0.6 is 0 Å². The molecule has 3 heterocycles. The molecule has 0 bridgehead atoms. The summed E-state index contributed by atoms with van der Waals surface area (Å²) >= 11 is 0. The molecule has 1 saturated heterocycles. The predicted octanol–water partition coefficient (Wildman–Crippen LogP) is 1.10. The highest BCUT2D eigenvalue weighted by atomic mass is 16.5. The first-order valence-corrected chi connectivity index (χ1v) is 8.49. The number of β-amino-alcohol motifs (C(OH)–C–C–N with tert-alkyl or cyclic N) is 1. The van der Waals surface area contributed by atoms with Gasteiger partial charge in [-0.2, -0.15) is 0 Å². The average molecular weight is 345 g/mol. The predicted molar refractivity (Wildman–Crippen MR) is 91.4 cm³/mol. The minimum atomic E-state index is -1.01. The second-order valence-corrected chi connectivity index (χ2v) is 6.48. The molecule has 2 aromatic rings.